The van der Waals surface area contributed by atoms with E-state index in [2.05, 4.69) is 14.9 Å². The molecule has 1 fully saturated rings. The lowest BCUT2D eigenvalue weighted by Crippen LogP contribution is -2.11. The van der Waals surface area contributed by atoms with E-state index in [4.69, 9.17) is 9.15 Å². The molecule has 0 spiro atoms. The highest BCUT2D eigenvalue weighted by Crippen LogP contribution is 2.38. The Hall–Kier alpha value is -2.39. The number of sulfonamides is 1. The molecule has 0 radical (unpaired) electrons. The molecule has 1 aliphatic rings. The number of hydrogen-bond donors (Lipinski definition) is 1. The molecule has 1 N–H and O–H groups in total. The summed E-state index contributed by atoms with van der Waals surface area (Å²) in [6, 6.07) is 10.0. The van der Waals surface area contributed by atoms with Crippen LogP contribution in [-0.2, 0) is 10.0 Å². The van der Waals surface area contributed by atoms with E-state index in [0.29, 0.717) is 40.6 Å². The van der Waals surface area contributed by atoms with Crippen LogP contribution in [0.25, 0.3) is 10.8 Å². The third-order valence-corrected chi connectivity index (χ3v) is 7.32. The minimum atomic E-state index is -3.69. The van der Waals surface area contributed by atoms with Crippen molar-refractivity contribution < 1.29 is 17.6 Å². The monoisotopic (exact) mass is 405 g/mol. The van der Waals surface area contributed by atoms with E-state index in [1.807, 2.05) is 6.92 Å². The van der Waals surface area contributed by atoms with Crippen LogP contribution in [0.3, 0.4) is 0 Å². The summed E-state index contributed by atoms with van der Waals surface area (Å²) in [7, 11) is -3.69. The Balaban J connectivity index is 1.50. The maximum Gasteiger partial charge on any atom is 0.271 e. The van der Waals surface area contributed by atoms with Gasteiger partial charge < -0.3 is 9.15 Å². The van der Waals surface area contributed by atoms with E-state index >= 15 is 0 Å². The summed E-state index contributed by atoms with van der Waals surface area (Å²) in [5.41, 5.74) is 0.471. The molecule has 2 heterocycles. The summed E-state index contributed by atoms with van der Waals surface area (Å²) in [6.45, 7) is 2.45. The number of nitrogens with one attached hydrogen (secondary N) is 1. The van der Waals surface area contributed by atoms with Gasteiger partial charge in [0.2, 0.25) is 5.89 Å². The minimum absolute atomic E-state index is 0.190. The molecule has 9 heteroatoms. The van der Waals surface area contributed by atoms with Gasteiger partial charge in [-0.3, -0.25) is 4.72 Å². The van der Waals surface area contributed by atoms with E-state index in [1.54, 1.807) is 36.4 Å². The fraction of sp³-hybridized carbons (Fsp3) is 0.333. The van der Waals surface area contributed by atoms with E-state index < -0.39 is 10.0 Å². The number of thiophene rings is 1. The van der Waals surface area contributed by atoms with Gasteiger partial charge in [-0.05, 0) is 56.2 Å². The first-order chi connectivity index (χ1) is 13.0. The lowest BCUT2D eigenvalue weighted by molar-refractivity contribution is 0.338. The van der Waals surface area contributed by atoms with Crippen molar-refractivity contribution >= 4 is 27.0 Å². The molecular weight excluding hydrogens is 386 g/mol. The van der Waals surface area contributed by atoms with Crippen LogP contribution in [0.2, 0.25) is 0 Å². The summed E-state index contributed by atoms with van der Waals surface area (Å²) in [4.78, 5) is 0.639. The van der Waals surface area contributed by atoms with Crippen LogP contribution in [0.4, 0.5) is 5.69 Å². The van der Waals surface area contributed by atoms with Gasteiger partial charge in [-0.15, -0.1) is 21.5 Å². The standard InChI is InChI=1S/C18H19N3O4S2/c1-2-24-14-8-6-13(7-9-14)21-27(22,23)16-11-10-15(26-16)18-20-19-17(25-18)12-4-3-5-12/h6-12,21H,2-5H2,1H3. The van der Waals surface area contributed by atoms with Gasteiger partial charge in [0, 0.05) is 11.6 Å². The lowest BCUT2D eigenvalue weighted by atomic mass is 9.85. The average Bonchev–Trinajstić information content (AvgIpc) is 3.24. The van der Waals surface area contributed by atoms with Gasteiger partial charge >= 0.3 is 0 Å². The molecule has 1 aliphatic carbocycles. The van der Waals surface area contributed by atoms with Crippen LogP contribution in [0.15, 0.2) is 45.0 Å². The lowest BCUT2D eigenvalue weighted by Gasteiger charge is -2.20. The van der Waals surface area contributed by atoms with Crippen LogP contribution in [0.1, 0.15) is 38.0 Å². The molecule has 1 aromatic carbocycles. The van der Waals surface area contributed by atoms with E-state index in [9.17, 15) is 8.42 Å². The summed E-state index contributed by atoms with van der Waals surface area (Å²) < 4.78 is 39.1. The summed E-state index contributed by atoms with van der Waals surface area (Å²) in [6.07, 6.45) is 3.32. The SMILES string of the molecule is CCOc1ccc(NS(=O)(=O)c2ccc(-c3nnc(C4CCC4)o3)s2)cc1. The van der Waals surface area contributed by atoms with Crippen molar-refractivity contribution in [2.75, 3.05) is 11.3 Å². The Morgan fingerprint density at radius 2 is 1.96 bits per heavy atom. The fourth-order valence-corrected chi connectivity index (χ4v) is 5.01. The molecule has 0 aliphatic heterocycles. The Morgan fingerprint density at radius 1 is 1.19 bits per heavy atom. The second-order valence-corrected chi connectivity index (χ2v) is 9.25. The Kier molecular flexibility index (Phi) is 4.88. The number of hydrogen-bond acceptors (Lipinski definition) is 7. The maximum atomic E-state index is 12.6. The third-order valence-electron chi connectivity index (χ3n) is 4.37. The van der Waals surface area contributed by atoms with Gasteiger partial charge in [-0.2, -0.15) is 0 Å². The maximum absolute atomic E-state index is 12.6. The molecule has 0 amide bonds. The predicted molar refractivity (Wildman–Crippen MR) is 103 cm³/mol. The Bertz CT molecular complexity index is 1020. The number of nitrogens with zero attached hydrogens (tertiary/aromatic N) is 2. The van der Waals surface area contributed by atoms with Crippen LogP contribution in [0.5, 0.6) is 5.75 Å². The van der Waals surface area contributed by atoms with Gasteiger partial charge in [0.05, 0.1) is 11.5 Å². The second kappa shape index (κ2) is 7.32. The highest BCUT2D eigenvalue weighted by molar-refractivity contribution is 7.94. The van der Waals surface area contributed by atoms with Crippen molar-refractivity contribution in [3.8, 4) is 16.5 Å². The van der Waals surface area contributed by atoms with Crippen LogP contribution >= 0.6 is 11.3 Å². The number of anilines is 1. The van der Waals surface area contributed by atoms with Crippen molar-refractivity contribution in [1.29, 1.82) is 0 Å². The fourth-order valence-electron chi connectivity index (χ4n) is 2.73. The van der Waals surface area contributed by atoms with Gasteiger partial charge in [0.1, 0.15) is 9.96 Å². The molecule has 3 aromatic rings. The molecule has 0 atom stereocenters. The summed E-state index contributed by atoms with van der Waals surface area (Å²) >= 11 is 1.10. The summed E-state index contributed by atoms with van der Waals surface area (Å²) in [5.74, 6) is 2.04. The smallest absolute Gasteiger partial charge is 0.271 e. The number of ether oxygens (including phenoxy) is 1. The first-order valence-electron chi connectivity index (χ1n) is 8.74. The van der Waals surface area contributed by atoms with Crippen molar-refractivity contribution in [3.63, 3.8) is 0 Å². The highest BCUT2D eigenvalue weighted by Gasteiger charge is 2.26. The van der Waals surface area contributed by atoms with E-state index in [0.717, 1.165) is 24.2 Å². The molecule has 0 saturated heterocycles. The predicted octanol–water partition coefficient (Wildman–Crippen LogP) is 4.27. The molecule has 0 bridgehead atoms. The zero-order chi connectivity index (χ0) is 18.9. The molecule has 1 saturated carbocycles. The van der Waals surface area contributed by atoms with Crippen LogP contribution in [0, 0.1) is 0 Å². The minimum Gasteiger partial charge on any atom is -0.494 e. The number of aromatic nitrogens is 2. The average molecular weight is 406 g/mol. The zero-order valence-corrected chi connectivity index (χ0v) is 16.3. The first-order valence-corrected chi connectivity index (χ1v) is 11.0. The first kappa shape index (κ1) is 18.0. The van der Waals surface area contributed by atoms with Gasteiger partial charge in [0.25, 0.3) is 15.9 Å². The van der Waals surface area contributed by atoms with E-state index in [1.165, 1.54) is 6.42 Å². The van der Waals surface area contributed by atoms with E-state index in [-0.39, 0.29) is 4.21 Å². The van der Waals surface area contributed by atoms with Crippen molar-refractivity contribution in [2.45, 2.75) is 36.3 Å². The molecule has 142 valence electrons. The zero-order valence-electron chi connectivity index (χ0n) is 14.7. The molecule has 2 aromatic heterocycles. The Labute approximate surface area is 161 Å². The van der Waals surface area contributed by atoms with Gasteiger partial charge in [-0.1, -0.05) is 6.42 Å². The van der Waals surface area contributed by atoms with Crippen LogP contribution < -0.4 is 9.46 Å². The Morgan fingerprint density at radius 3 is 2.63 bits per heavy atom. The van der Waals surface area contributed by atoms with Crippen molar-refractivity contribution in [2.24, 2.45) is 0 Å². The molecular formula is C18H19N3O4S2. The summed E-state index contributed by atoms with van der Waals surface area (Å²) in [5, 5.41) is 8.15. The third kappa shape index (κ3) is 3.84. The number of benzene rings is 1. The van der Waals surface area contributed by atoms with Crippen LogP contribution in [-0.4, -0.2) is 25.2 Å². The molecule has 0 unspecified atom stereocenters. The topological polar surface area (TPSA) is 94.3 Å². The molecule has 4 rings (SSSR count). The number of rotatable bonds is 7. The largest absolute Gasteiger partial charge is 0.494 e. The molecule has 27 heavy (non-hydrogen) atoms. The quantitative estimate of drug-likeness (QED) is 0.631. The van der Waals surface area contributed by atoms with Crippen molar-refractivity contribution in [1.82, 2.24) is 10.2 Å². The second-order valence-electron chi connectivity index (χ2n) is 6.25. The van der Waals surface area contributed by atoms with Gasteiger partial charge in [0.15, 0.2) is 0 Å². The highest BCUT2D eigenvalue weighted by atomic mass is 32.2. The van der Waals surface area contributed by atoms with Crippen molar-refractivity contribution in [3.05, 3.63) is 42.3 Å². The van der Waals surface area contributed by atoms with Gasteiger partial charge in [-0.25, -0.2) is 8.42 Å². The molecule has 7 nitrogen and oxygen atoms in total. The normalized spacial score (nSPS) is 14.7.